The second kappa shape index (κ2) is 4.88. The lowest BCUT2D eigenvalue weighted by Crippen LogP contribution is -2.07. The van der Waals surface area contributed by atoms with Crippen molar-refractivity contribution in [2.45, 2.75) is 19.8 Å². The van der Waals surface area contributed by atoms with Gasteiger partial charge in [-0.25, -0.2) is 0 Å². The highest BCUT2D eigenvalue weighted by molar-refractivity contribution is 6.21. The number of unbranched alkanes of at least 4 members (excludes halogenated alkanes) is 1. The lowest BCUT2D eigenvalue weighted by Gasteiger charge is -2.18. The number of benzene rings is 2. The topological polar surface area (TPSA) is 26.3 Å². The molecule has 1 aliphatic carbocycles. The molecule has 1 aliphatic rings. The van der Waals surface area contributed by atoms with Gasteiger partial charge in [-0.2, -0.15) is 0 Å². The third-order valence-corrected chi connectivity index (χ3v) is 3.45. The summed E-state index contributed by atoms with van der Waals surface area (Å²) in [6, 6.07) is 11.9. The first-order valence-electron chi connectivity index (χ1n) is 6.72. The maximum atomic E-state index is 12.2. The standard InChI is InChI=1S/C17H16O2/c1-2-3-10-19-16-11-15(18)13-8-4-6-12-7-5-9-14(16)17(12)13/h4-9,11H,2-3,10H2,1H3. The number of ketones is 1. The first kappa shape index (κ1) is 12.0. The summed E-state index contributed by atoms with van der Waals surface area (Å²) in [7, 11) is 0. The van der Waals surface area contributed by atoms with Gasteiger partial charge in [0, 0.05) is 22.6 Å². The Kier molecular flexibility index (Phi) is 3.08. The zero-order valence-electron chi connectivity index (χ0n) is 11.0. The van der Waals surface area contributed by atoms with Gasteiger partial charge in [0.05, 0.1) is 6.61 Å². The van der Waals surface area contributed by atoms with E-state index in [0.29, 0.717) is 12.4 Å². The largest absolute Gasteiger partial charge is 0.493 e. The van der Waals surface area contributed by atoms with Gasteiger partial charge >= 0.3 is 0 Å². The second-order valence-electron chi connectivity index (χ2n) is 4.78. The first-order chi connectivity index (χ1) is 9.31. The summed E-state index contributed by atoms with van der Waals surface area (Å²) in [5.74, 6) is 0.749. The molecule has 19 heavy (non-hydrogen) atoms. The van der Waals surface area contributed by atoms with E-state index < -0.39 is 0 Å². The zero-order chi connectivity index (χ0) is 13.2. The van der Waals surface area contributed by atoms with E-state index >= 15 is 0 Å². The van der Waals surface area contributed by atoms with Crippen LogP contribution < -0.4 is 0 Å². The molecule has 0 saturated carbocycles. The van der Waals surface area contributed by atoms with Gasteiger partial charge < -0.3 is 4.74 Å². The highest BCUT2D eigenvalue weighted by Crippen LogP contribution is 2.33. The summed E-state index contributed by atoms with van der Waals surface area (Å²) >= 11 is 0. The lowest BCUT2D eigenvalue weighted by atomic mass is 9.91. The third kappa shape index (κ3) is 2.03. The van der Waals surface area contributed by atoms with Crippen LogP contribution in [0.3, 0.4) is 0 Å². The van der Waals surface area contributed by atoms with Crippen LogP contribution in [0.15, 0.2) is 42.5 Å². The van der Waals surface area contributed by atoms with E-state index in [-0.39, 0.29) is 5.78 Å². The van der Waals surface area contributed by atoms with Gasteiger partial charge in [0.2, 0.25) is 0 Å². The fraction of sp³-hybridized carbons (Fsp3) is 0.235. The molecular weight excluding hydrogens is 236 g/mol. The van der Waals surface area contributed by atoms with Gasteiger partial charge in [-0.1, -0.05) is 49.7 Å². The fourth-order valence-electron chi connectivity index (χ4n) is 2.47. The van der Waals surface area contributed by atoms with Crippen molar-refractivity contribution in [1.82, 2.24) is 0 Å². The molecule has 0 amide bonds. The third-order valence-electron chi connectivity index (χ3n) is 3.45. The summed E-state index contributed by atoms with van der Waals surface area (Å²) in [6.07, 6.45) is 3.71. The Bertz CT molecular complexity index is 663. The van der Waals surface area contributed by atoms with Crippen molar-refractivity contribution < 1.29 is 9.53 Å². The molecule has 2 aromatic rings. The number of hydrogen-bond acceptors (Lipinski definition) is 2. The Labute approximate surface area is 112 Å². The molecule has 0 atom stereocenters. The predicted molar refractivity (Wildman–Crippen MR) is 77.1 cm³/mol. The smallest absolute Gasteiger partial charge is 0.190 e. The number of rotatable bonds is 4. The average molecular weight is 252 g/mol. The van der Waals surface area contributed by atoms with E-state index in [1.54, 1.807) is 6.08 Å². The van der Waals surface area contributed by atoms with Gasteiger partial charge in [0.25, 0.3) is 0 Å². The average Bonchev–Trinajstić information content (AvgIpc) is 2.44. The van der Waals surface area contributed by atoms with E-state index in [1.807, 2.05) is 36.4 Å². The Morgan fingerprint density at radius 1 is 1.05 bits per heavy atom. The van der Waals surface area contributed by atoms with Crippen molar-refractivity contribution in [3.63, 3.8) is 0 Å². The van der Waals surface area contributed by atoms with Crippen LogP contribution in [0.1, 0.15) is 35.7 Å². The highest BCUT2D eigenvalue weighted by Gasteiger charge is 2.20. The van der Waals surface area contributed by atoms with E-state index in [1.165, 1.54) is 0 Å². The van der Waals surface area contributed by atoms with Crippen LogP contribution in [0.5, 0.6) is 0 Å². The van der Waals surface area contributed by atoms with Crippen molar-refractivity contribution in [1.29, 1.82) is 0 Å². The second-order valence-corrected chi connectivity index (χ2v) is 4.78. The lowest BCUT2D eigenvalue weighted by molar-refractivity contribution is 0.104. The van der Waals surface area contributed by atoms with Crippen molar-refractivity contribution in [3.8, 4) is 0 Å². The van der Waals surface area contributed by atoms with Crippen molar-refractivity contribution in [2.75, 3.05) is 6.61 Å². The van der Waals surface area contributed by atoms with Crippen LogP contribution in [0.4, 0.5) is 0 Å². The van der Waals surface area contributed by atoms with Crippen LogP contribution in [0.25, 0.3) is 16.5 Å². The van der Waals surface area contributed by atoms with Crippen LogP contribution in [0.2, 0.25) is 0 Å². The van der Waals surface area contributed by atoms with Crippen molar-refractivity contribution in [3.05, 3.63) is 53.6 Å². The quantitative estimate of drug-likeness (QED) is 0.762. The predicted octanol–water partition coefficient (Wildman–Crippen LogP) is 4.19. The SMILES string of the molecule is CCCCOC1=CC(=O)c2cccc3cccc1c23. The minimum Gasteiger partial charge on any atom is -0.493 e. The molecular formula is C17H16O2. The molecule has 0 fully saturated rings. The number of carbonyl (C=O) groups is 1. The maximum absolute atomic E-state index is 12.2. The Morgan fingerprint density at radius 3 is 2.53 bits per heavy atom. The summed E-state index contributed by atoms with van der Waals surface area (Å²) in [5.41, 5.74) is 1.81. The Balaban J connectivity index is 2.09. The van der Waals surface area contributed by atoms with Gasteiger partial charge in [0.15, 0.2) is 5.78 Å². The zero-order valence-corrected chi connectivity index (χ0v) is 11.0. The fourth-order valence-corrected chi connectivity index (χ4v) is 2.47. The van der Waals surface area contributed by atoms with Crippen molar-refractivity contribution >= 4 is 22.3 Å². The molecule has 2 heteroatoms. The van der Waals surface area contributed by atoms with Crippen LogP contribution in [-0.2, 0) is 4.74 Å². The number of allylic oxidation sites excluding steroid dienone is 1. The van der Waals surface area contributed by atoms with E-state index in [4.69, 9.17) is 4.74 Å². The molecule has 0 heterocycles. The first-order valence-corrected chi connectivity index (χ1v) is 6.72. The van der Waals surface area contributed by atoms with Crippen LogP contribution in [-0.4, -0.2) is 12.4 Å². The maximum Gasteiger partial charge on any atom is 0.190 e. The summed E-state index contributed by atoms with van der Waals surface area (Å²) in [4.78, 5) is 12.2. The van der Waals surface area contributed by atoms with Crippen LogP contribution in [0, 0.1) is 0 Å². The molecule has 0 radical (unpaired) electrons. The molecule has 2 nitrogen and oxygen atoms in total. The van der Waals surface area contributed by atoms with Gasteiger partial charge in [0.1, 0.15) is 5.76 Å². The van der Waals surface area contributed by atoms with E-state index in [2.05, 4.69) is 6.92 Å². The minimum atomic E-state index is 0.0378. The summed E-state index contributed by atoms with van der Waals surface area (Å²) < 4.78 is 5.78. The molecule has 2 aromatic carbocycles. The van der Waals surface area contributed by atoms with E-state index in [0.717, 1.165) is 34.7 Å². The molecule has 96 valence electrons. The van der Waals surface area contributed by atoms with Gasteiger partial charge in [-0.05, 0) is 11.8 Å². The Morgan fingerprint density at radius 2 is 1.79 bits per heavy atom. The van der Waals surface area contributed by atoms with Gasteiger partial charge in [-0.15, -0.1) is 0 Å². The summed E-state index contributed by atoms with van der Waals surface area (Å²) in [6.45, 7) is 2.79. The summed E-state index contributed by atoms with van der Waals surface area (Å²) in [5, 5.41) is 2.11. The molecule has 3 rings (SSSR count). The van der Waals surface area contributed by atoms with Gasteiger partial charge in [-0.3, -0.25) is 4.79 Å². The van der Waals surface area contributed by atoms with Crippen LogP contribution >= 0.6 is 0 Å². The minimum absolute atomic E-state index is 0.0378. The molecule has 0 aliphatic heterocycles. The molecule has 0 spiro atoms. The molecule has 0 N–H and O–H groups in total. The Hall–Kier alpha value is -2.09. The van der Waals surface area contributed by atoms with E-state index in [9.17, 15) is 4.79 Å². The highest BCUT2D eigenvalue weighted by atomic mass is 16.5. The number of ether oxygens (including phenoxy) is 1. The monoisotopic (exact) mass is 252 g/mol. The molecule has 0 aromatic heterocycles. The molecule has 0 unspecified atom stereocenters. The van der Waals surface area contributed by atoms with Crippen molar-refractivity contribution in [2.24, 2.45) is 0 Å². The molecule has 0 saturated heterocycles. The number of hydrogen-bond donors (Lipinski definition) is 0. The molecule has 0 bridgehead atoms. The normalized spacial score (nSPS) is 13.5. The number of carbonyl (C=O) groups excluding carboxylic acids is 1.